The maximum absolute atomic E-state index is 12.2. The molecule has 0 fully saturated rings. The second-order valence-corrected chi connectivity index (χ2v) is 5.25. The zero-order chi connectivity index (χ0) is 14.7. The first-order valence-electron chi connectivity index (χ1n) is 6.53. The van der Waals surface area contributed by atoms with Gasteiger partial charge < -0.3 is 5.32 Å². The van der Waals surface area contributed by atoms with Crippen LogP contribution in [0, 0.1) is 6.92 Å². The van der Waals surface area contributed by atoms with Gasteiger partial charge in [-0.25, -0.2) is 0 Å². The number of halogens is 1. The van der Waals surface area contributed by atoms with E-state index in [0.717, 1.165) is 0 Å². The lowest BCUT2D eigenvalue weighted by molar-refractivity contribution is 0.0951. The van der Waals surface area contributed by atoms with Crippen molar-refractivity contribution in [2.24, 2.45) is 7.05 Å². The molecule has 5 heteroatoms. The lowest BCUT2D eigenvalue weighted by Gasteiger charge is -2.13. The normalized spacial score (nSPS) is 12.2. The summed E-state index contributed by atoms with van der Waals surface area (Å²) in [7, 11) is 1.72. The van der Waals surface area contributed by atoms with Gasteiger partial charge in [0.2, 0.25) is 0 Å². The zero-order valence-corrected chi connectivity index (χ0v) is 12.6. The summed E-state index contributed by atoms with van der Waals surface area (Å²) in [5.74, 6) is 0.0688. The standard InChI is InChI=1S/C15H18ClN3O/c1-10(12-7-5-4-6-8-12)9-17-15(20)13-11(2)18-19(3)14(13)16/h4-8,10H,9H2,1-3H3,(H,17,20). The number of carbonyl (C=O) groups is 1. The quantitative estimate of drug-likeness (QED) is 0.941. The highest BCUT2D eigenvalue weighted by atomic mass is 35.5. The molecule has 1 unspecified atom stereocenters. The molecule has 0 saturated heterocycles. The van der Waals surface area contributed by atoms with E-state index in [2.05, 4.69) is 29.5 Å². The molecule has 1 heterocycles. The maximum Gasteiger partial charge on any atom is 0.256 e. The second-order valence-electron chi connectivity index (χ2n) is 4.90. The molecule has 4 nitrogen and oxygen atoms in total. The summed E-state index contributed by atoms with van der Waals surface area (Å²) in [6.07, 6.45) is 0. The average Bonchev–Trinajstić information content (AvgIpc) is 2.70. The van der Waals surface area contributed by atoms with Crippen LogP contribution in [0.1, 0.15) is 34.5 Å². The van der Waals surface area contributed by atoms with Crippen LogP contribution in [-0.4, -0.2) is 22.2 Å². The van der Waals surface area contributed by atoms with E-state index in [9.17, 15) is 4.79 Å². The van der Waals surface area contributed by atoms with Gasteiger partial charge >= 0.3 is 0 Å². The van der Waals surface area contributed by atoms with Gasteiger partial charge in [-0.2, -0.15) is 5.10 Å². The summed E-state index contributed by atoms with van der Waals surface area (Å²) in [6, 6.07) is 10.1. The second kappa shape index (κ2) is 6.09. The van der Waals surface area contributed by atoms with Gasteiger partial charge in [0.1, 0.15) is 5.15 Å². The van der Waals surface area contributed by atoms with Crippen LogP contribution in [0.5, 0.6) is 0 Å². The summed E-state index contributed by atoms with van der Waals surface area (Å²) in [6.45, 7) is 4.42. The Labute approximate surface area is 123 Å². The van der Waals surface area contributed by atoms with Crippen molar-refractivity contribution in [3.05, 3.63) is 52.3 Å². The molecule has 0 spiro atoms. The van der Waals surface area contributed by atoms with Crippen molar-refractivity contribution in [1.82, 2.24) is 15.1 Å². The van der Waals surface area contributed by atoms with Crippen molar-refractivity contribution >= 4 is 17.5 Å². The first-order chi connectivity index (χ1) is 9.50. The number of hydrogen-bond acceptors (Lipinski definition) is 2. The Kier molecular flexibility index (Phi) is 4.45. The highest BCUT2D eigenvalue weighted by Crippen LogP contribution is 2.19. The minimum Gasteiger partial charge on any atom is -0.351 e. The number of aromatic nitrogens is 2. The van der Waals surface area contributed by atoms with Gasteiger partial charge in [-0.15, -0.1) is 0 Å². The van der Waals surface area contributed by atoms with Gasteiger partial charge in [-0.05, 0) is 18.4 Å². The van der Waals surface area contributed by atoms with E-state index in [1.165, 1.54) is 10.2 Å². The number of carbonyl (C=O) groups excluding carboxylic acids is 1. The van der Waals surface area contributed by atoms with Crippen LogP contribution in [0.25, 0.3) is 0 Å². The van der Waals surface area contributed by atoms with Gasteiger partial charge in [-0.1, -0.05) is 48.9 Å². The highest BCUT2D eigenvalue weighted by Gasteiger charge is 2.19. The third-order valence-corrected chi connectivity index (χ3v) is 3.75. The van der Waals surface area contributed by atoms with Crippen LogP contribution >= 0.6 is 11.6 Å². The monoisotopic (exact) mass is 291 g/mol. The van der Waals surface area contributed by atoms with E-state index in [4.69, 9.17) is 11.6 Å². The smallest absolute Gasteiger partial charge is 0.256 e. The fraction of sp³-hybridized carbons (Fsp3) is 0.333. The van der Waals surface area contributed by atoms with E-state index in [1.807, 2.05) is 18.2 Å². The summed E-state index contributed by atoms with van der Waals surface area (Å²) in [5.41, 5.74) is 2.29. The third-order valence-electron chi connectivity index (χ3n) is 3.32. The number of amides is 1. The molecule has 1 aromatic heterocycles. The molecular weight excluding hydrogens is 274 g/mol. The molecule has 0 aliphatic heterocycles. The average molecular weight is 292 g/mol. The van der Waals surface area contributed by atoms with Crippen molar-refractivity contribution < 1.29 is 4.79 Å². The van der Waals surface area contributed by atoms with E-state index in [0.29, 0.717) is 23.0 Å². The molecule has 0 aliphatic carbocycles. The summed E-state index contributed by atoms with van der Waals surface area (Å²) in [5, 5.41) is 7.42. The number of nitrogens with zero attached hydrogens (tertiary/aromatic N) is 2. The lowest BCUT2D eigenvalue weighted by atomic mass is 10.0. The minimum atomic E-state index is -0.177. The fourth-order valence-electron chi connectivity index (χ4n) is 2.12. The molecular formula is C15H18ClN3O. The van der Waals surface area contributed by atoms with Crippen LogP contribution in [0.15, 0.2) is 30.3 Å². The van der Waals surface area contributed by atoms with Gasteiger partial charge in [0.05, 0.1) is 11.3 Å². The van der Waals surface area contributed by atoms with Crippen molar-refractivity contribution in [2.45, 2.75) is 19.8 Å². The van der Waals surface area contributed by atoms with Crippen LogP contribution in [0.4, 0.5) is 0 Å². The molecule has 2 rings (SSSR count). The molecule has 2 aromatic rings. The van der Waals surface area contributed by atoms with Crippen molar-refractivity contribution in [3.8, 4) is 0 Å². The van der Waals surface area contributed by atoms with Gasteiger partial charge in [0.15, 0.2) is 0 Å². The zero-order valence-electron chi connectivity index (χ0n) is 11.9. The Bertz CT molecular complexity index is 607. The maximum atomic E-state index is 12.2. The predicted molar refractivity (Wildman–Crippen MR) is 80.1 cm³/mol. The number of benzene rings is 1. The predicted octanol–water partition coefficient (Wildman–Crippen LogP) is 2.92. The number of aryl methyl sites for hydroxylation is 2. The molecule has 1 atom stereocenters. The largest absolute Gasteiger partial charge is 0.351 e. The first-order valence-corrected chi connectivity index (χ1v) is 6.90. The van der Waals surface area contributed by atoms with E-state index in [-0.39, 0.29) is 11.8 Å². The topological polar surface area (TPSA) is 46.9 Å². The number of hydrogen-bond donors (Lipinski definition) is 1. The van der Waals surface area contributed by atoms with Gasteiger partial charge in [0, 0.05) is 13.6 Å². The minimum absolute atomic E-state index is 0.177. The van der Waals surface area contributed by atoms with Crippen LogP contribution < -0.4 is 5.32 Å². The highest BCUT2D eigenvalue weighted by molar-refractivity contribution is 6.33. The van der Waals surface area contributed by atoms with Crippen molar-refractivity contribution in [1.29, 1.82) is 0 Å². The summed E-state index contributed by atoms with van der Waals surface area (Å²) < 4.78 is 1.51. The van der Waals surface area contributed by atoms with E-state index in [1.54, 1.807) is 14.0 Å². The van der Waals surface area contributed by atoms with Crippen LogP contribution in [0.2, 0.25) is 5.15 Å². The molecule has 0 bridgehead atoms. The van der Waals surface area contributed by atoms with E-state index >= 15 is 0 Å². The number of rotatable bonds is 4. The molecule has 1 amide bonds. The summed E-state index contributed by atoms with van der Waals surface area (Å²) >= 11 is 6.08. The Hall–Kier alpha value is -1.81. The van der Waals surface area contributed by atoms with Crippen LogP contribution in [-0.2, 0) is 7.05 Å². The summed E-state index contributed by atoms with van der Waals surface area (Å²) in [4.78, 5) is 12.2. The van der Waals surface area contributed by atoms with Crippen molar-refractivity contribution in [3.63, 3.8) is 0 Å². The molecule has 0 aliphatic rings. The SMILES string of the molecule is Cc1nn(C)c(Cl)c1C(=O)NCC(C)c1ccccc1. The van der Waals surface area contributed by atoms with Gasteiger partial charge in [0.25, 0.3) is 5.91 Å². The Morgan fingerprint density at radius 1 is 1.40 bits per heavy atom. The van der Waals surface area contributed by atoms with Gasteiger partial charge in [-0.3, -0.25) is 9.48 Å². The molecule has 1 N–H and O–H groups in total. The fourth-order valence-corrected chi connectivity index (χ4v) is 2.38. The van der Waals surface area contributed by atoms with E-state index < -0.39 is 0 Å². The lowest BCUT2D eigenvalue weighted by Crippen LogP contribution is -2.28. The first kappa shape index (κ1) is 14.6. The Morgan fingerprint density at radius 2 is 2.05 bits per heavy atom. The number of nitrogens with one attached hydrogen (secondary N) is 1. The van der Waals surface area contributed by atoms with Crippen LogP contribution in [0.3, 0.4) is 0 Å². The Balaban J connectivity index is 2.02. The molecule has 106 valence electrons. The van der Waals surface area contributed by atoms with Crippen molar-refractivity contribution in [2.75, 3.05) is 6.54 Å². The Morgan fingerprint density at radius 3 is 2.60 bits per heavy atom. The molecule has 0 saturated carbocycles. The third kappa shape index (κ3) is 3.02. The molecule has 20 heavy (non-hydrogen) atoms. The molecule has 0 radical (unpaired) electrons. The molecule has 1 aromatic carbocycles.